The third-order valence-electron chi connectivity index (χ3n) is 6.06. The molecular formula is C26H28ClN3O5. The highest BCUT2D eigenvalue weighted by molar-refractivity contribution is 6.33. The lowest BCUT2D eigenvalue weighted by atomic mass is 9.91. The van der Waals surface area contributed by atoms with Crippen LogP contribution >= 0.6 is 11.6 Å². The molecule has 1 aliphatic heterocycles. The molecule has 3 atom stereocenters. The van der Waals surface area contributed by atoms with E-state index >= 15 is 0 Å². The monoisotopic (exact) mass is 497 g/mol. The highest BCUT2D eigenvalue weighted by atomic mass is 35.5. The van der Waals surface area contributed by atoms with Gasteiger partial charge >= 0.3 is 0 Å². The summed E-state index contributed by atoms with van der Waals surface area (Å²) in [7, 11) is 0. The second-order valence-corrected chi connectivity index (χ2v) is 9.47. The number of aliphatic hydroxyl groups is 1. The number of nitrogens with one attached hydrogen (secondary N) is 1. The van der Waals surface area contributed by atoms with Crippen LogP contribution in [0.4, 0.5) is 0 Å². The summed E-state index contributed by atoms with van der Waals surface area (Å²) in [5.41, 5.74) is 4.89. The summed E-state index contributed by atoms with van der Waals surface area (Å²) < 4.78 is 5.35. The van der Waals surface area contributed by atoms with Gasteiger partial charge in [-0.3, -0.25) is 9.59 Å². The summed E-state index contributed by atoms with van der Waals surface area (Å²) in [6, 6.07) is 15.5. The fourth-order valence-electron chi connectivity index (χ4n) is 4.32. The third kappa shape index (κ3) is 5.49. The van der Waals surface area contributed by atoms with E-state index in [1.807, 2.05) is 50.2 Å². The van der Waals surface area contributed by atoms with Crippen LogP contribution in [-0.4, -0.2) is 45.7 Å². The van der Waals surface area contributed by atoms with Crippen molar-refractivity contribution in [3.63, 3.8) is 0 Å². The number of rotatable bonds is 7. The molecule has 8 nitrogen and oxygen atoms in total. The summed E-state index contributed by atoms with van der Waals surface area (Å²) in [6.45, 7) is 5.64. The van der Waals surface area contributed by atoms with Gasteiger partial charge in [0.2, 0.25) is 5.91 Å². The molecule has 2 N–H and O–H groups in total. The summed E-state index contributed by atoms with van der Waals surface area (Å²) in [6.07, 6.45) is -0.694. The lowest BCUT2D eigenvalue weighted by molar-refractivity contribution is -0.143. The van der Waals surface area contributed by atoms with Crippen molar-refractivity contribution in [2.24, 2.45) is 5.92 Å². The Bertz CT molecular complexity index is 1190. The highest BCUT2D eigenvalue weighted by Crippen LogP contribution is 2.31. The Morgan fingerprint density at radius 1 is 1.20 bits per heavy atom. The van der Waals surface area contributed by atoms with E-state index in [0.717, 1.165) is 11.1 Å². The predicted molar refractivity (Wildman–Crippen MR) is 131 cm³/mol. The molecule has 0 bridgehead atoms. The van der Waals surface area contributed by atoms with E-state index in [-0.39, 0.29) is 24.8 Å². The molecule has 2 amide bonds. The second kappa shape index (κ2) is 10.5. The fraction of sp³-hybridized carbons (Fsp3) is 0.346. The summed E-state index contributed by atoms with van der Waals surface area (Å²) in [5, 5.41) is 14.8. The zero-order valence-electron chi connectivity index (χ0n) is 19.8. The Labute approximate surface area is 208 Å². The number of aryl methyl sites for hydroxylation is 1. The molecule has 3 aromatic rings. The van der Waals surface area contributed by atoms with Crippen LogP contribution in [0.5, 0.6) is 5.75 Å². The van der Waals surface area contributed by atoms with Crippen LogP contribution in [0.15, 0.2) is 59.1 Å². The first kappa shape index (κ1) is 24.8. The van der Waals surface area contributed by atoms with Crippen LogP contribution in [0, 0.1) is 12.8 Å². The molecule has 1 saturated heterocycles. The number of carbonyl (C=O) groups is 2. The average molecular weight is 498 g/mol. The molecule has 9 heteroatoms. The van der Waals surface area contributed by atoms with Gasteiger partial charge in [-0.15, -0.1) is 0 Å². The standard InChI is InChI=1S/C26H28ClN3O5/c1-15(2)24(23-12-16(3)28-35-23)26(33)30-14-18(31)13-22(30)25(32)29-34-19-10-8-17(9-11-19)20-6-4-5-7-21(20)27/h4-12,15,18,22,24,31H,13-14H2,1-3H3,(H,29,32)/t18-,22+,24-/m1/s1. The number of nitrogens with zero attached hydrogens (tertiary/aromatic N) is 2. The van der Waals surface area contributed by atoms with E-state index in [4.69, 9.17) is 21.0 Å². The lowest BCUT2D eigenvalue weighted by Crippen LogP contribution is -2.48. The fourth-order valence-corrected chi connectivity index (χ4v) is 4.57. The van der Waals surface area contributed by atoms with Crippen LogP contribution in [0.3, 0.4) is 0 Å². The minimum Gasteiger partial charge on any atom is -0.391 e. The summed E-state index contributed by atoms with van der Waals surface area (Å²) in [5.74, 6) is -0.654. The highest BCUT2D eigenvalue weighted by Gasteiger charge is 2.43. The zero-order chi connectivity index (χ0) is 25.1. The largest absolute Gasteiger partial charge is 0.391 e. The first-order chi connectivity index (χ1) is 16.7. The maximum atomic E-state index is 13.4. The third-order valence-corrected chi connectivity index (χ3v) is 6.39. The molecule has 0 unspecified atom stereocenters. The van der Waals surface area contributed by atoms with Gasteiger partial charge in [0.15, 0.2) is 5.75 Å². The van der Waals surface area contributed by atoms with E-state index in [1.165, 1.54) is 4.90 Å². The molecule has 0 saturated carbocycles. The number of β-amino-alcohol motifs (C(OH)–C–C–N with tert-alkyl or cyclic N) is 1. The van der Waals surface area contributed by atoms with Gasteiger partial charge in [-0.05, 0) is 36.6 Å². The Morgan fingerprint density at radius 2 is 1.91 bits per heavy atom. The number of likely N-dealkylation sites (tertiary alicyclic amines) is 1. The number of carbonyl (C=O) groups excluding carboxylic acids is 2. The van der Waals surface area contributed by atoms with Crippen molar-refractivity contribution in [1.29, 1.82) is 0 Å². The number of hydrogen-bond donors (Lipinski definition) is 2. The van der Waals surface area contributed by atoms with E-state index < -0.39 is 24.0 Å². The molecule has 4 rings (SSSR count). The minimum atomic E-state index is -0.870. The van der Waals surface area contributed by atoms with Crippen molar-refractivity contribution in [1.82, 2.24) is 15.5 Å². The Kier molecular flexibility index (Phi) is 7.42. The summed E-state index contributed by atoms with van der Waals surface area (Å²) in [4.78, 5) is 33.3. The molecule has 0 aliphatic carbocycles. The normalized spacial score (nSPS) is 18.5. The SMILES string of the molecule is Cc1cc([C@H](C(=O)N2C[C@H](O)C[C@H]2C(=O)NOc2ccc(-c3ccccc3Cl)cc2)C(C)C)on1. The molecule has 0 spiro atoms. The Morgan fingerprint density at radius 3 is 2.54 bits per heavy atom. The van der Waals surface area contributed by atoms with E-state index in [1.54, 1.807) is 25.1 Å². The average Bonchev–Trinajstić information content (AvgIpc) is 3.43. The van der Waals surface area contributed by atoms with E-state index in [0.29, 0.717) is 22.2 Å². The van der Waals surface area contributed by atoms with Crippen molar-refractivity contribution in [3.8, 4) is 16.9 Å². The van der Waals surface area contributed by atoms with E-state index in [2.05, 4.69) is 10.6 Å². The number of hydrogen-bond acceptors (Lipinski definition) is 6. The summed E-state index contributed by atoms with van der Waals surface area (Å²) >= 11 is 6.26. The van der Waals surface area contributed by atoms with Gasteiger partial charge in [0.1, 0.15) is 17.7 Å². The van der Waals surface area contributed by atoms with Gasteiger partial charge in [0.25, 0.3) is 5.91 Å². The van der Waals surface area contributed by atoms with Gasteiger partial charge in [-0.25, -0.2) is 0 Å². The van der Waals surface area contributed by atoms with Crippen LogP contribution in [0.2, 0.25) is 5.02 Å². The molecule has 184 valence electrons. The van der Waals surface area contributed by atoms with Gasteiger partial charge in [-0.2, -0.15) is 5.48 Å². The Hall–Kier alpha value is -3.36. The number of halogens is 1. The number of hydroxylamine groups is 1. The van der Waals surface area contributed by atoms with Crippen LogP contribution in [0.25, 0.3) is 11.1 Å². The molecule has 1 aromatic heterocycles. The molecule has 35 heavy (non-hydrogen) atoms. The van der Waals surface area contributed by atoms with Gasteiger partial charge in [0, 0.05) is 29.6 Å². The smallest absolute Gasteiger partial charge is 0.275 e. The molecule has 1 aliphatic rings. The van der Waals surface area contributed by atoms with Gasteiger partial charge < -0.3 is 19.4 Å². The maximum absolute atomic E-state index is 13.4. The quantitative estimate of drug-likeness (QED) is 0.476. The topological polar surface area (TPSA) is 105 Å². The number of aromatic nitrogens is 1. The first-order valence-corrected chi connectivity index (χ1v) is 11.9. The lowest BCUT2D eigenvalue weighted by Gasteiger charge is -2.28. The molecule has 1 fully saturated rings. The second-order valence-electron chi connectivity index (χ2n) is 9.06. The van der Waals surface area contributed by atoms with Crippen molar-refractivity contribution < 1.29 is 24.1 Å². The molecule has 0 radical (unpaired) electrons. The van der Waals surface area contributed by atoms with Gasteiger partial charge in [-0.1, -0.05) is 60.9 Å². The number of amides is 2. The molecule has 2 heterocycles. The number of aliphatic hydroxyl groups excluding tert-OH is 1. The first-order valence-electron chi connectivity index (χ1n) is 11.5. The van der Waals surface area contributed by atoms with Crippen LogP contribution < -0.4 is 10.3 Å². The van der Waals surface area contributed by atoms with Crippen molar-refractivity contribution >= 4 is 23.4 Å². The molecular weight excluding hydrogens is 470 g/mol. The zero-order valence-corrected chi connectivity index (χ0v) is 20.5. The van der Waals surface area contributed by atoms with Crippen molar-refractivity contribution in [2.45, 2.75) is 45.3 Å². The van der Waals surface area contributed by atoms with E-state index in [9.17, 15) is 14.7 Å². The number of benzene rings is 2. The molecule has 2 aromatic carbocycles. The predicted octanol–water partition coefficient (Wildman–Crippen LogP) is 4.12. The van der Waals surface area contributed by atoms with Gasteiger partial charge in [0.05, 0.1) is 11.8 Å². The van der Waals surface area contributed by atoms with Crippen molar-refractivity contribution in [3.05, 3.63) is 71.1 Å². The Balaban J connectivity index is 1.43. The van der Waals surface area contributed by atoms with Crippen LogP contribution in [0.1, 0.15) is 37.6 Å². The van der Waals surface area contributed by atoms with Crippen LogP contribution in [-0.2, 0) is 9.59 Å². The van der Waals surface area contributed by atoms with Crippen molar-refractivity contribution in [2.75, 3.05) is 6.54 Å². The maximum Gasteiger partial charge on any atom is 0.275 e. The minimum absolute atomic E-state index is 0.0553.